The van der Waals surface area contributed by atoms with E-state index in [1.807, 2.05) is 0 Å². The van der Waals surface area contributed by atoms with Gasteiger partial charge in [0.05, 0.1) is 0 Å². The predicted molar refractivity (Wildman–Crippen MR) is 63.5 cm³/mol. The van der Waals surface area contributed by atoms with Crippen molar-refractivity contribution in [2.24, 2.45) is 10.8 Å². The van der Waals surface area contributed by atoms with Gasteiger partial charge in [-0.15, -0.1) is 0 Å². The fourth-order valence-electron chi connectivity index (χ4n) is 2.28. The standard InChI is InChI=1S/C13H27N/c1-11(2)14-9-7-13(6,8-10-14)12(3,4)5/h11H,7-10H2,1-6H3. The maximum Gasteiger partial charge on any atom is 0.00385 e. The minimum atomic E-state index is 0.454. The van der Waals surface area contributed by atoms with Crippen molar-refractivity contribution in [2.45, 2.75) is 60.4 Å². The van der Waals surface area contributed by atoms with Crippen LogP contribution in [0, 0.1) is 10.8 Å². The highest BCUT2D eigenvalue weighted by Crippen LogP contribution is 2.46. The molecule has 1 saturated heterocycles. The molecular formula is C13H27N. The van der Waals surface area contributed by atoms with Gasteiger partial charge in [-0.1, -0.05) is 27.7 Å². The first-order valence-corrected chi connectivity index (χ1v) is 6.00. The van der Waals surface area contributed by atoms with Gasteiger partial charge in [0, 0.05) is 6.04 Å². The van der Waals surface area contributed by atoms with E-state index in [2.05, 4.69) is 46.4 Å². The van der Waals surface area contributed by atoms with Crippen molar-refractivity contribution in [3.05, 3.63) is 0 Å². The Morgan fingerprint density at radius 3 is 1.79 bits per heavy atom. The number of nitrogens with zero attached hydrogens (tertiary/aromatic N) is 1. The summed E-state index contributed by atoms with van der Waals surface area (Å²) in [5, 5.41) is 0. The number of likely N-dealkylation sites (tertiary alicyclic amines) is 1. The highest BCUT2D eigenvalue weighted by atomic mass is 15.2. The largest absolute Gasteiger partial charge is 0.301 e. The zero-order valence-corrected chi connectivity index (χ0v) is 10.9. The van der Waals surface area contributed by atoms with Gasteiger partial charge in [0.1, 0.15) is 0 Å². The molecule has 0 bridgehead atoms. The summed E-state index contributed by atoms with van der Waals surface area (Å²) < 4.78 is 0. The number of hydrogen-bond donors (Lipinski definition) is 0. The molecule has 0 amide bonds. The van der Waals surface area contributed by atoms with Crippen LogP contribution in [0.1, 0.15) is 54.4 Å². The summed E-state index contributed by atoms with van der Waals surface area (Å²) in [5.41, 5.74) is 0.995. The highest BCUT2D eigenvalue weighted by molar-refractivity contribution is 4.91. The van der Waals surface area contributed by atoms with Gasteiger partial charge in [0.15, 0.2) is 0 Å². The zero-order chi connectivity index (χ0) is 11.0. The second-order valence-corrected chi connectivity index (χ2v) is 6.44. The summed E-state index contributed by atoms with van der Waals surface area (Å²) in [6.07, 6.45) is 2.71. The van der Waals surface area contributed by atoms with Gasteiger partial charge in [-0.05, 0) is 50.6 Å². The van der Waals surface area contributed by atoms with Gasteiger partial charge in [-0.3, -0.25) is 0 Å². The Hall–Kier alpha value is -0.0400. The van der Waals surface area contributed by atoms with Crippen molar-refractivity contribution in [3.63, 3.8) is 0 Å². The molecule has 0 N–H and O–H groups in total. The average molecular weight is 197 g/mol. The normalized spacial score (nSPS) is 24.2. The zero-order valence-electron chi connectivity index (χ0n) is 10.9. The van der Waals surface area contributed by atoms with Crippen LogP contribution in [-0.4, -0.2) is 24.0 Å². The van der Waals surface area contributed by atoms with E-state index in [9.17, 15) is 0 Å². The first-order valence-electron chi connectivity index (χ1n) is 6.00. The van der Waals surface area contributed by atoms with E-state index in [0.717, 1.165) is 6.04 Å². The SMILES string of the molecule is CC(C)N1CCC(C)(C(C)(C)C)CC1. The van der Waals surface area contributed by atoms with Gasteiger partial charge in [0.2, 0.25) is 0 Å². The Bertz CT molecular complexity index is 180. The first kappa shape index (κ1) is 12.0. The van der Waals surface area contributed by atoms with E-state index in [0.29, 0.717) is 10.8 Å². The number of rotatable bonds is 1. The third kappa shape index (κ3) is 2.31. The Morgan fingerprint density at radius 2 is 1.50 bits per heavy atom. The van der Waals surface area contributed by atoms with Crippen LogP contribution in [-0.2, 0) is 0 Å². The molecule has 0 radical (unpaired) electrons. The molecule has 0 aromatic rings. The van der Waals surface area contributed by atoms with E-state index in [-0.39, 0.29) is 0 Å². The second-order valence-electron chi connectivity index (χ2n) is 6.44. The van der Waals surface area contributed by atoms with Crippen LogP contribution in [0.5, 0.6) is 0 Å². The van der Waals surface area contributed by atoms with Crippen molar-refractivity contribution >= 4 is 0 Å². The van der Waals surface area contributed by atoms with Crippen LogP contribution < -0.4 is 0 Å². The average Bonchev–Trinajstić information content (AvgIpc) is 2.03. The fraction of sp³-hybridized carbons (Fsp3) is 1.00. The maximum atomic E-state index is 2.60. The second kappa shape index (κ2) is 3.84. The monoisotopic (exact) mass is 197 g/mol. The van der Waals surface area contributed by atoms with Crippen LogP contribution in [0.3, 0.4) is 0 Å². The molecular weight excluding hydrogens is 170 g/mol. The Labute approximate surface area is 89.9 Å². The smallest absolute Gasteiger partial charge is 0.00385 e. The van der Waals surface area contributed by atoms with E-state index in [1.54, 1.807) is 0 Å². The molecule has 84 valence electrons. The van der Waals surface area contributed by atoms with Crippen molar-refractivity contribution < 1.29 is 0 Å². The molecule has 14 heavy (non-hydrogen) atoms. The van der Waals surface area contributed by atoms with Crippen molar-refractivity contribution in [1.29, 1.82) is 0 Å². The summed E-state index contributed by atoms with van der Waals surface area (Å²) >= 11 is 0. The molecule has 0 aliphatic carbocycles. The van der Waals surface area contributed by atoms with E-state index >= 15 is 0 Å². The van der Waals surface area contributed by atoms with Gasteiger partial charge >= 0.3 is 0 Å². The third-order valence-electron chi connectivity index (χ3n) is 4.44. The minimum absolute atomic E-state index is 0.454. The van der Waals surface area contributed by atoms with Crippen LogP contribution in [0.25, 0.3) is 0 Å². The number of hydrogen-bond acceptors (Lipinski definition) is 1. The van der Waals surface area contributed by atoms with E-state index in [4.69, 9.17) is 0 Å². The van der Waals surface area contributed by atoms with Gasteiger partial charge < -0.3 is 4.90 Å². The lowest BCUT2D eigenvalue weighted by Crippen LogP contribution is -2.46. The summed E-state index contributed by atoms with van der Waals surface area (Å²) in [7, 11) is 0. The molecule has 0 aromatic carbocycles. The quantitative estimate of drug-likeness (QED) is 0.621. The van der Waals surface area contributed by atoms with Crippen LogP contribution in [0.4, 0.5) is 0 Å². The lowest BCUT2D eigenvalue weighted by atomic mass is 9.63. The first-order chi connectivity index (χ1) is 6.26. The van der Waals surface area contributed by atoms with Crippen molar-refractivity contribution in [1.82, 2.24) is 4.90 Å². The van der Waals surface area contributed by atoms with Crippen molar-refractivity contribution in [2.75, 3.05) is 13.1 Å². The summed E-state index contributed by atoms with van der Waals surface area (Å²) in [6, 6.07) is 0.722. The summed E-state index contributed by atoms with van der Waals surface area (Å²) in [4.78, 5) is 2.60. The minimum Gasteiger partial charge on any atom is -0.301 e. The molecule has 0 saturated carbocycles. The van der Waals surface area contributed by atoms with Gasteiger partial charge in [0.25, 0.3) is 0 Å². The van der Waals surface area contributed by atoms with E-state index < -0.39 is 0 Å². The summed E-state index contributed by atoms with van der Waals surface area (Å²) in [5.74, 6) is 0. The van der Waals surface area contributed by atoms with Crippen LogP contribution in [0.2, 0.25) is 0 Å². The molecule has 1 aliphatic heterocycles. The molecule has 1 nitrogen and oxygen atoms in total. The lowest BCUT2D eigenvalue weighted by molar-refractivity contribution is 0.0123. The maximum absolute atomic E-state index is 2.60. The van der Waals surface area contributed by atoms with Crippen LogP contribution >= 0.6 is 0 Å². The Kier molecular flexibility index (Phi) is 3.30. The molecule has 0 aromatic heterocycles. The van der Waals surface area contributed by atoms with E-state index in [1.165, 1.54) is 25.9 Å². The molecule has 1 heteroatoms. The Morgan fingerprint density at radius 1 is 1.07 bits per heavy atom. The molecule has 1 fully saturated rings. The molecule has 0 unspecified atom stereocenters. The molecule has 1 rings (SSSR count). The fourth-order valence-corrected chi connectivity index (χ4v) is 2.28. The predicted octanol–water partition coefficient (Wildman–Crippen LogP) is 3.54. The third-order valence-corrected chi connectivity index (χ3v) is 4.44. The molecule has 1 heterocycles. The molecule has 0 spiro atoms. The topological polar surface area (TPSA) is 3.24 Å². The lowest BCUT2D eigenvalue weighted by Gasteiger charge is -2.48. The van der Waals surface area contributed by atoms with Crippen LogP contribution in [0.15, 0.2) is 0 Å². The molecule has 1 aliphatic rings. The van der Waals surface area contributed by atoms with Gasteiger partial charge in [-0.25, -0.2) is 0 Å². The Balaban J connectivity index is 2.58. The number of piperidine rings is 1. The summed E-state index contributed by atoms with van der Waals surface area (Å²) in [6.45, 7) is 16.8. The highest BCUT2D eigenvalue weighted by Gasteiger charge is 2.39. The molecule has 0 atom stereocenters. The van der Waals surface area contributed by atoms with Crippen molar-refractivity contribution in [3.8, 4) is 0 Å². The van der Waals surface area contributed by atoms with Gasteiger partial charge in [-0.2, -0.15) is 0 Å².